The number of fused-ring (bicyclic) bond motifs is 1. The van der Waals surface area contributed by atoms with Crippen molar-refractivity contribution in [3.8, 4) is 5.75 Å². The standard InChI is InChI=1S/C23H23ClFN5O3/c1-14(31)29-10-9-21-18(12-29)22(28-27-21)13-30(16-4-6-17(33-2)7-5-16)23(32)26-15-3-8-20(25)19(24)11-15/h3-8,11H,9-10,12-13H2,1-2H3,(H,26,32)(H,27,28). The summed E-state index contributed by atoms with van der Waals surface area (Å²) in [5.74, 6) is 0.0734. The number of anilines is 2. The Morgan fingerprint density at radius 1 is 1.27 bits per heavy atom. The summed E-state index contributed by atoms with van der Waals surface area (Å²) in [5.41, 5.74) is 3.50. The largest absolute Gasteiger partial charge is 0.497 e. The van der Waals surface area contributed by atoms with E-state index in [1.54, 1.807) is 36.3 Å². The van der Waals surface area contributed by atoms with E-state index < -0.39 is 11.8 Å². The molecule has 2 heterocycles. The van der Waals surface area contributed by atoms with E-state index in [2.05, 4.69) is 15.5 Å². The van der Waals surface area contributed by atoms with Crippen LogP contribution < -0.4 is 15.0 Å². The third-order valence-corrected chi connectivity index (χ3v) is 5.86. The van der Waals surface area contributed by atoms with Crippen molar-refractivity contribution in [2.45, 2.75) is 26.4 Å². The number of rotatable bonds is 5. The van der Waals surface area contributed by atoms with Gasteiger partial charge in [0.15, 0.2) is 0 Å². The first-order chi connectivity index (χ1) is 15.9. The third kappa shape index (κ3) is 4.93. The number of amides is 3. The van der Waals surface area contributed by atoms with Crippen molar-refractivity contribution in [3.63, 3.8) is 0 Å². The summed E-state index contributed by atoms with van der Waals surface area (Å²) in [6.45, 7) is 2.75. The van der Waals surface area contributed by atoms with Crippen LogP contribution >= 0.6 is 11.6 Å². The fourth-order valence-corrected chi connectivity index (χ4v) is 3.89. The van der Waals surface area contributed by atoms with Crippen LogP contribution in [0.15, 0.2) is 42.5 Å². The quantitative estimate of drug-likeness (QED) is 0.578. The Morgan fingerprint density at radius 2 is 2.03 bits per heavy atom. The zero-order chi connectivity index (χ0) is 23.5. The van der Waals surface area contributed by atoms with E-state index in [0.29, 0.717) is 42.3 Å². The second-order valence-corrected chi connectivity index (χ2v) is 8.07. The second-order valence-electron chi connectivity index (χ2n) is 7.66. The van der Waals surface area contributed by atoms with Gasteiger partial charge >= 0.3 is 6.03 Å². The molecule has 0 saturated heterocycles. The fourth-order valence-electron chi connectivity index (χ4n) is 3.71. The van der Waals surface area contributed by atoms with Gasteiger partial charge in [-0.05, 0) is 42.5 Å². The van der Waals surface area contributed by atoms with Crippen LogP contribution in [0.3, 0.4) is 0 Å². The minimum absolute atomic E-state index is 0.00857. The van der Waals surface area contributed by atoms with Gasteiger partial charge in [0.25, 0.3) is 0 Å². The number of nitrogens with zero attached hydrogens (tertiary/aromatic N) is 3. The molecule has 10 heteroatoms. The normalized spacial score (nSPS) is 12.8. The number of ether oxygens (including phenoxy) is 1. The third-order valence-electron chi connectivity index (χ3n) is 5.57. The Balaban J connectivity index is 1.63. The highest BCUT2D eigenvalue weighted by Crippen LogP contribution is 2.27. The molecule has 33 heavy (non-hydrogen) atoms. The van der Waals surface area contributed by atoms with Crippen LogP contribution in [0.25, 0.3) is 0 Å². The van der Waals surface area contributed by atoms with Crippen molar-refractivity contribution < 1.29 is 18.7 Å². The molecule has 1 aliphatic rings. The molecule has 0 bridgehead atoms. The smallest absolute Gasteiger partial charge is 0.326 e. The Bertz CT molecular complexity index is 1180. The van der Waals surface area contributed by atoms with Crippen molar-refractivity contribution in [2.24, 2.45) is 0 Å². The molecule has 4 rings (SSSR count). The molecule has 3 amide bonds. The highest BCUT2D eigenvalue weighted by atomic mass is 35.5. The SMILES string of the molecule is COc1ccc(N(Cc2n[nH]c3c2CN(C(C)=O)CC3)C(=O)Nc2ccc(F)c(Cl)c2)cc1. The minimum Gasteiger partial charge on any atom is -0.497 e. The first kappa shape index (κ1) is 22.6. The number of nitrogens with one attached hydrogen (secondary N) is 2. The lowest BCUT2D eigenvalue weighted by Crippen LogP contribution is -2.37. The van der Waals surface area contributed by atoms with Crippen molar-refractivity contribution in [1.29, 1.82) is 0 Å². The van der Waals surface area contributed by atoms with E-state index in [1.165, 1.54) is 30.0 Å². The van der Waals surface area contributed by atoms with Gasteiger partial charge in [-0.15, -0.1) is 0 Å². The Labute approximate surface area is 195 Å². The summed E-state index contributed by atoms with van der Waals surface area (Å²) in [6.07, 6.45) is 0.671. The van der Waals surface area contributed by atoms with E-state index in [-0.39, 0.29) is 17.5 Å². The zero-order valence-corrected chi connectivity index (χ0v) is 18.9. The summed E-state index contributed by atoms with van der Waals surface area (Å²) < 4.78 is 18.7. The van der Waals surface area contributed by atoms with Crippen LogP contribution in [0, 0.1) is 5.82 Å². The molecule has 3 aromatic rings. The summed E-state index contributed by atoms with van der Waals surface area (Å²) in [6, 6.07) is 10.6. The molecule has 0 atom stereocenters. The van der Waals surface area contributed by atoms with E-state index in [1.807, 2.05) is 0 Å². The summed E-state index contributed by atoms with van der Waals surface area (Å²) in [5, 5.41) is 10.1. The number of methoxy groups -OCH3 is 1. The molecule has 2 N–H and O–H groups in total. The maximum atomic E-state index is 13.5. The predicted molar refractivity (Wildman–Crippen MR) is 123 cm³/mol. The van der Waals surface area contributed by atoms with E-state index >= 15 is 0 Å². The number of hydrogen-bond donors (Lipinski definition) is 2. The number of carbonyl (C=O) groups excluding carboxylic acids is 2. The van der Waals surface area contributed by atoms with Gasteiger partial charge in [0.1, 0.15) is 11.6 Å². The molecule has 8 nitrogen and oxygen atoms in total. The van der Waals surface area contributed by atoms with Crippen molar-refractivity contribution in [1.82, 2.24) is 15.1 Å². The van der Waals surface area contributed by atoms with Gasteiger partial charge in [0.05, 0.1) is 24.4 Å². The Morgan fingerprint density at radius 3 is 2.70 bits per heavy atom. The number of H-pyrrole nitrogens is 1. The average Bonchev–Trinajstić information content (AvgIpc) is 3.22. The highest BCUT2D eigenvalue weighted by molar-refractivity contribution is 6.31. The van der Waals surface area contributed by atoms with Crippen LogP contribution in [-0.4, -0.2) is 40.7 Å². The van der Waals surface area contributed by atoms with Gasteiger partial charge in [-0.2, -0.15) is 5.10 Å². The maximum Gasteiger partial charge on any atom is 0.326 e. The number of hydrogen-bond acceptors (Lipinski definition) is 4. The van der Waals surface area contributed by atoms with Gasteiger partial charge in [0.2, 0.25) is 5.91 Å². The highest BCUT2D eigenvalue weighted by Gasteiger charge is 2.26. The van der Waals surface area contributed by atoms with Gasteiger partial charge < -0.3 is 15.0 Å². The zero-order valence-electron chi connectivity index (χ0n) is 18.2. The topological polar surface area (TPSA) is 90.6 Å². The first-order valence-electron chi connectivity index (χ1n) is 10.3. The predicted octanol–water partition coefficient (Wildman–Crippen LogP) is 4.35. The minimum atomic E-state index is -0.570. The van der Waals surface area contributed by atoms with Crippen LogP contribution in [0.1, 0.15) is 23.9 Å². The number of urea groups is 1. The monoisotopic (exact) mass is 471 g/mol. The summed E-state index contributed by atoms with van der Waals surface area (Å²) in [7, 11) is 1.56. The lowest BCUT2D eigenvalue weighted by atomic mass is 10.0. The molecule has 172 valence electrons. The second kappa shape index (κ2) is 9.50. The van der Waals surface area contributed by atoms with Crippen LogP contribution in [0.4, 0.5) is 20.6 Å². The molecule has 0 fully saturated rings. The van der Waals surface area contributed by atoms with E-state index in [9.17, 15) is 14.0 Å². The van der Waals surface area contributed by atoms with E-state index in [0.717, 1.165) is 11.3 Å². The number of carbonyl (C=O) groups is 2. The molecule has 0 aliphatic carbocycles. The molecule has 1 aromatic heterocycles. The molecule has 0 radical (unpaired) electrons. The first-order valence-corrected chi connectivity index (χ1v) is 10.7. The van der Waals surface area contributed by atoms with Gasteiger partial charge in [-0.1, -0.05) is 11.6 Å². The van der Waals surface area contributed by atoms with Gasteiger partial charge in [-0.25, -0.2) is 9.18 Å². The van der Waals surface area contributed by atoms with Crippen LogP contribution in [-0.2, 0) is 24.3 Å². The molecular weight excluding hydrogens is 449 g/mol. The fraction of sp³-hybridized carbons (Fsp3) is 0.261. The molecule has 0 unspecified atom stereocenters. The van der Waals surface area contributed by atoms with E-state index in [4.69, 9.17) is 16.3 Å². The van der Waals surface area contributed by atoms with Gasteiger partial charge in [-0.3, -0.25) is 14.8 Å². The van der Waals surface area contributed by atoms with Crippen LogP contribution in [0.2, 0.25) is 5.02 Å². The summed E-state index contributed by atoms with van der Waals surface area (Å²) >= 11 is 5.86. The molecule has 0 saturated carbocycles. The molecular formula is C23H23ClFN5O3. The number of benzene rings is 2. The number of aromatic nitrogens is 2. The molecule has 2 aromatic carbocycles. The van der Waals surface area contributed by atoms with Crippen molar-refractivity contribution in [2.75, 3.05) is 23.9 Å². The Kier molecular flexibility index (Phi) is 6.50. The lowest BCUT2D eigenvalue weighted by Gasteiger charge is -2.27. The molecule has 0 spiro atoms. The van der Waals surface area contributed by atoms with Crippen molar-refractivity contribution >= 4 is 34.9 Å². The van der Waals surface area contributed by atoms with Crippen LogP contribution in [0.5, 0.6) is 5.75 Å². The van der Waals surface area contributed by atoms with Crippen molar-refractivity contribution in [3.05, 3.63) is 70.3 Å². The average molecular weight is 472 g/mol. The summed E-state index contributed by atoms with van der Waals surface area (Å²) in [4.78, 5) is 28.4. The Hall–Kier alpha value is -3.59. The molecule has 1 aliphatic heterocycles. The number of aromatic amines is 1. The number of halogens is 2. The van der Waals surface area contributed by atoms with Gasteiger partial charge in [0, 0.05) is 49.1 Å². The maximum absolute atomic E-state index is 13.5. The lowest BCUT2D eigenvalue weighted by molar-refractivity contribution is -0.129.